The fourth-order valence-electron chi connectivity index (χ4n) is 7.69. The SMILES string of the molecule is COc1ccc([N+]2=C3CCCc4cccc(c43)C2(C)C(C)CC2C(C)C(C)C(C)C2C)cc1. The molecule has 3 aliphatic rings. The Morgan fingerprint density at radius 1 is 0.939 bits per heavy atom. The fraction of sp³-hybridized carbons (Fsp3) is 0.581. The van der Waals surface area contributed by atoms with Crippen molar-refractivity contribution in [2.75, 3.05) is 7.11 Å². The van der Waals surface area contributed by atoms with Gasteiger partial charge in [0.2, 0.25) is 5.69 Å². The summed E-state index contributed by atoms with van der Waals surface area (Å²) in [6.45, 7) is 15.0. The summed E-state index contributed by atoms with van der Waals surface area (Å²) in [7, 11) is 1.75. The van der Waals surface area contributed by atoms with Crippen LogP contribution in [0.2, 0.25) is 0 Å². The highest BCUT2D eigenvalue weighted by molar-refractivity contribution is 6.03. The lowest BCUT2D eigenvalue weighted by molar-refractivity contribution is -0.547. The van der Waals surface area contributed by atoms with Crippen molar-refractivity contribution in [2.45, 2.75) is 72.8 Å². The molecule has 5 rings (SSSR count). The van der Waals surface area contributed by atoms with Gasteiger partial charge < -0.3 is 4.74 Å². The third kappa shape index (κ3) is 3.31. The van der Waals surface area contributed by atoms with E-state index in [4.69, 9.17) is 4.74 Å². The van der Waals surface area contributed by atoms with Crippen LogP contribution in [0.1, 0.15) is 77.5 Å². The molecule has 0 bridgehead atoms. The van der Waals surface area contributed by atoms with Crippen molar-refractivity contribution in [3.63, 3.8) is 0 Å². The first-order chi connectivity index (χ1) is 15.8. The normalized spacial score (nSPS) is 33.8. The van der Waals surface area contributed by atoms with E-state index >= 15 is 0 Å². The lowest BCUT2D eigenvalue weighted by Crippen LogP contribution is -2.40. The Kier molecular flexibility index (Phi) is 5.70. The number of methoxy groups -OCH3 is 1. The highest BCUT2D eigenvalue weighted by Gasteiger charge is 2.55. The Bertz CT molecular complexity index is 1050. The molecule has 6 atom stereocenters. The minimum absolute atomic E-state index is 0.0336. The minimum Gasteiger partial charge on any atom is -0.497 e. The summed E-state index contributed by atoms with van der Waals surface area (Å²) in [6.07, 6.45) is 4.91. The van der Waals surface area contributed by atoms with Crippen LogP contribution in [-0.2, 0) is 12.0 Å². The van der Waals surface area contributed by atoms with E-state index in [0.717, 1.165) is 35.3 Å². The smallest absolute Gasteiger partial charge is 0.206 e. The van der Waals surface area contributed by atoms with Crippen LogP contribution in [0, 0.1) is 35.5 Å². The van der Waals surface area contributed by atoms with Gasteiger partial charge in [-0.05, 0) is 66.5 Å². The average molecular weight is 445 g/mol. The van der Waals surface area contributed by atoms with Gasteiger partial charge in [-0.15, -0.1) is 0 Å². The molecular formula is C31H42NO+. The predicted octanol–water partition coefficient (Wildman–Crippen LogP) is 7.59. The zero-order valence-corrected chi connectivity index (χ0v) is 21.7. The molecule has 0 amide bonds. The lowest BCUT2D eigenvalue weighted by Gasteiger charge is -2.34. The fourth-order valence-corrected chi connectivity index (χ4v) is 7.69. The van der Waals surface area contributed by atoms with Gasteiger partial charge in [0, 0.05) is 37.0 Å². The van der Waals surface area contributed by atoms with E-state index < -0.39 is 0 Å². The van der Waals surface area contributed by atoms with Gasteiger partial charge in [0.05, 0.1) is 12.7 Å². The Morgan fingerprint density at radius 2 is 1.61 bits per heavy atom. The van der Waals surface area contributed by atoms with Gasteiger partial charge in [-0.3, -0.25) is 0 Å². The molecule has 0 saturated heterocycles. The Morgan fingerprint density at radius 3 is 2.24 bits per heavy atom. The van der Waals surface area contributed by atoms with Gasteiger partial charge >= 0.3 is 0 Å². The van der Waals surface area contributed by atoms with Crippen LogP contribution in [0.3, 0.4) is 0 Å². The number of hydrogen-bond acceptors (Lipinski definition) is 1. The van der Waals surface area contributed by atoms with Crippen molar-refractivity contribution in [3.8, 4) is 5.75 Å². The Hall–Kier alpha value is -2.09. The van der Waals surface area contributed by atoms with Gasteiger partial charge in [0.25, 0.3) is 0 Å². The summed E-state index contributed by atoms with van der Waals surface area (Å²) >= 11 is 0. The van der Waals surface area contributed by atoms with Crippen molar-refractivity contribution in [1.82, 2.24) is 0 Å². The molecule has 1 aliphatic heterocycles. The van der Waals surface area contributed by atoms with Crippen molar-refractivity contribution >= 4 is 11.4 Å². The van der Waals surface area contributed by atoms with E-state index in [9.17, 15) is 0 Å². The first-order valence-corrected chi connectivity index (χ1v) is 13.2. The van der Waals surface area contributed by atoms with Crippen molar-refractivity contribution in [3.05, 3.63) is 59.2 Å². The summed E-state index contributed by atoms with van der Waals surface area (Å²) in [5, 5.41) is 0. The van der Waals surface area contributed by atoms with Crippen LogP contribution in [0.25, 0.3) is 0 Å². The van der Waals surface area contributed by atoms with E-state index in [1.807, 2.05) is 0 Å². The first-order valence-electron chi connectivity index (χ1n) is 13.2. The van der Waals surface area contributed by atoms with E-state index in [-0.39, 0.29) is 5.54 Å². The quantitative estimate of drug-likeness (QED) is 0.433. The van der Waals surface area contributed by atoms with Crippen LogP contribution in [-0.4, -0.2) is 17.4 Å². The number of rotatable bonds is 5. The van der Waals surface area contributed by atoms with Crippen molar-refractivity contribution in [1.29, 1.82) is 0 Å². The summed E-state index contributed by atoms with van der Waals surface area (Å²) in [4.78, 5) is 0. The molecule has 6 unspecified atom stereocenters. The zero-order valence-electron chi connectivity index (χ0n) is 21.7. The van der Waals surface area contributed by atoms with E-state index in [0.29, 0.717) is 5.92 Å². The molecule has 0 spiro atoms. The number of hydrogen-bond donors (Lipinski definition) is 0. The first kappa shape index (κ1) is 22.7. The third-order valence-corrected chi connectivity index (χ3v) is 10.3. The highest BCUT2D eigenvalue weighted by Crippen LogP contribution is 2.53. The van der Waals surface area contributed by atoms with Crippen molar-refractivity contribution < 1.29 is 9.31 Å². The lowest BCUT2D eigenvalue weighted by atomic mass is 9.71. The molecule has 0 radical (unpaired) electrons. The Labute approximate surface area is 201 Å². The maximum absolute atomic E-state index is 5.48. The Balaban J connectivity index is 1.62. The summed E-state index contributed by atoms with van der Waals surface area (Å²) < 4.78 is 8.21. The monoisotopic (exact) mass is 444 g/mol. The molecule has 1 heterocycles. The largest absolute Gasteiger partial charge is 0.497 e. The van der Waals surface area contributed by atoms with Gasteiger partial charge in [-0.2, -0.15) is 4.58 Å². The number of ether oxygens (including phenoxy) is 1. The van der Waals surface area contributed by atoms with Crippen LogP contribution in [0.4, 0.5) is 5.69 Å². The summed E-state index contributed by atoms with van der Waals surface area (Å²) in [5.74, 6) is 5.49. The molecule has 2 heteroatoms. The maximum atomic E-state index is 5.48. The van der Waals surface area contributed by atoms with E-state index in [1.54, 1.807) is 29.5 Å². The topological polar surface area (TPSA) is 12.2 Å². The van der Waals surface area contributed by atoms with Crippen LogP contribution in [0.15, 0.2) is 42.5 Å². The molecule has 2 aliphatic carbocycles. The number of nitrogens with zero attached hydrogens (tertiary/aromatic N) is 1. The molecule has 2 nitrogen and oxygen atoms in total. The summed E-state index contributed by atoms with van der Waals surface area (Å²) in [5.41, 5.74) is 7.47. The van der Waals surface area contributed by atoms with E-state index in [2.05, 4.69) is 88.6 Å². The van der Waals surface area contributed by atoms with Crippen LogP contribution in [0.5, 0.6) is 5.75 Å². The van der Waals surface area contributed by atoms with Crippen molar-refractivity contribution in [2.24, 2.45) is 35.5 Å². The number of benzene rings is 2. The molecule has 1 fully saturated rings. The molecule has 0 N–H and O–H groups in total. The molecule has 0 aromatic heterocycles. The van der Waals surface area contributed by atoms with Crippen LogP contribution >= 0.6 is 0 Å². The van der Waals surface area contributed by atoms with Gasteiger partial charge in [0.15, 0.2) is 11.3 Å². The third-order valence-electron chi connectivity index (χ3n) is 10.3. The van der Waals surface area contributed by atoms with Gasteiger partial charge in [-0.25, -0.2) is 0 Å². The predicted molar refractivity (Wildman–Crippen MR) is 138 cm³/mol. The molecule has 2 aromatic carbocycles. The molecule has 2 aromatic rings. The summed E-state index contributed by atoms with van der Waals surface area (Å²) in [6, 6.07) is 15.9. The maximum Gasteiger partial charge on any atom is 0.206 e. The van der Waals surface area contributed by atoms with Gasteiger partial charge in [-0.1, -0.05) is 52.8 Å². The number of aryl methyl sites for hydroxylation is 1. The second kappa shape index (κ2) is 8.29. The molecular weight excluding hydrogens is 402 g/mol. The highest BCUT2D eigenvalue weighted by atomic mass is 16.5. The minimum atomic E-state index is -0.0336. The van der Waals surface area contributed by atoms with E-state index in [1.165, 1.54) is 31.4 Å². The van der Waals surface area contributed by atoms with Crippen LogP contribution < -0.4 is 4.74 Å². The second-order valence-corrected chi connectivity index (χ2v) is 11.6. The second-order valence-electron chi connectivity index (χ2n) is 11.6. The molecule has 33 heavy (non-hydrogen) atoms. The zero-order chi connectivity index (χ0) is 23.5. The average Bonchev–Trinajstić information content (AvgIpc) is 3.20. The standard InChI is InChI=1S/C31H42NO/c1-19(18-27-22(4)20(2)21(3)23(27)5)31(6)28-12-8-10-24-11-9-13-29(30(24)28)32(31)25-14-16-26(33-7)17-15-25/h8,10,12,14-17,19-23,27H,9,11,13,18H2,1-7H3/q+1. The molecule has 176 valence electrons. The van der Waals surface area contributed by atoms with Gasteiger partial charge in [0.1, 0.15) is 5.75 Å². The molecule has 1 saturated carbocycles.